The summed E-state index contributed by atoms with van der Waals surface area (Å²) < 4.78 is 47.6. The third-order valence-electron chi connectivity index (χ3n) is 2.02. The van der Waals surface area contributed by atoms with E-state index in [1.165, 1.54) is 31.4 Å². The van der Waals surface area contributed by atoms with Crippen molar-refractivity contribution in [1.29, 1.82) is 0 Å². The Labute approximate surface area is 97.7 Å². The van der Waals surface area contributed by atoms with Crippen molar-refractivity contribution in [2.45, 2.75) is 13.1 Å². The summed E-state index contributed by atoms with van der Waals surface area (Å²) in [5.74, 6) is 0.537. The fraction of sp³-hybridized carbons (Fsp3) is 0.333. The van der Waals surface area contributed by atoms with Crippen molar-refractivity contribution in [3.8, 4) is 5.75 Å². The first-order valence-electron chi connectivity index (χ1n) is 5.02. The quantitative estimate of drug-likeness (QED) is 0.755. The van der Waals surface area contributed by atoms with Crippen LogP contribution in [-0.2, 0) is 4.74 Å². The zero-order valence-electron chi connectivity index (χ0n) is 9.54. The van der Waals surface area contributed by atoms with Crippen LogP contribution in [0.4, 0.5) is 13.2 Å². The highest BCUT2D eigenvalue weighted by Gasteiger charge is 2.35. The molecule has 0 aromatic heterocycles. The number of benzene rings is 1. The molecule has 0 bridgehead atoms. The van der Waals surface area contributed by atoms with E-state index in [9.17, 15) is 13.2 Å². The second-order valence-electron chi connectivity index (χ2n) is 3.22. The largest absolute Gasteiger partial charge is 0.504 e. The Balaban J connectivity index is 3.01. The summed E-state index contributed by atoms with van der Waals surface area (Å²) in [5.41, 5.74) is -0.772. The number of hydrogen-bond donors (Lipinski definition) is 0. The van der Waals surface area contributed by atoms with Gasteiger partial charge in [0.15, 0.2) is 0 Å². The predicted octanol–water partition coefficient (Wildman–Crippen LogP) is 3.63. The standard InChI is InChI=1S/C12H13F3O2/c1-3-17-10-6-4-9(5-7-10)11(8-16-2)12(13,14)15/h4-8H,3H2,1-2H3/b11-8-. The summed E-state index contributed by atoms with van der Waals surface area (Å²) in [4.78, 5) is 0. The molecular weight excluding hydrogens is 233 g/mol. The Morgan fingerprint density at radius 2 is 1.82 bits per heavy atom. The minimum Gasteiger partial charge on any atom is -0.504 e. The summed E-state index contributed by atoms with van der Waals surface area (Å²) in [7, 11) is 1.18. The van der Waals surface area contributed by atoms with Gasteiger partial charge in [-0.3, -0.25) is 0 Å². The van der Waals surface area contributed by atoms with Gasteiger partial charge in [-0.05, 0) is 24.6 Å². The normalized spacial score (nSPS) is 12.4. The molecule has 0 N–H and O–H groups in total. The Hall–Kier alpha value is -1.65. The molecule has 0 unspecified atom stereocenters. The second-order valence-corrected chi connectivity index (χ2v) is 3.22. The van der Waals surface area contributed by atoms with E-state index in [1.807, 2.05) is 0 Å². The molecule has 2 nitrogen and oxygen atoms in total. The molecular formula is C12H13F3O2. The monoisotopic (exact) mass is 246 g/mol. The maximum absolute atomic E-state index is 12.7. The van der Waals surface area contributed by atoms with E-state index in [0.29, 0.717) is 18.6 Å². The molecule has 94 valence electrons. The van der Waals surface area contributed by atoms with Crippen LogP contribution < -0.4 is 4.74 Å². The molecule has 5 heteroatoms. The maximum atomic E-state index is 12.7. The zero-order chi connectivity index (χ0) is 12.9. The Morgan fingerprint density at radius 1 is 1.24 bits per heavy atom. The Bertz CT molecular complexity index is 380. The van der Waals surface area contributed by atoms with E-state index in [4.69, 9.17) is 4.74 Å². The minimum atomic E-state index is -4.44. The van der Waals surface area contributed by atoms with Gasteiger partial charge in [0.05, 0.1) is 25.6 Å². The van der Waals surface area contributed by atoms with Crippen LogP contribution in [0.25, 0.3) is 5.57 Å². The first-order valence-corrected chi connectivity index (χ1v) is 5.02. The Morgan fingerprint density at radius 3 is 2.24 bits per heavy atom. The SMILES string of the molecule is CCOc1ccc(/C(=C/OC)C(F)(F)F)cc1. The molecule has 1 aromatic rings. The van der Waals surface area contributed by atoms with E-state index < -0.39 is 11.7 Å². The lowest BCUT2D eigenvalue weighted by atomic mass is 10.1. The van der Waals surface area contributed by atoms with Crippen LogP contribution in [0, 0.1) is 0 Å². The molecule has 1 aromatic carbocycles. The molecule has 0 saturated carbocycles. The van der Waals surface area contributed by atoms with Gasteiger partial charge in [0.2, 0.25) is 0 Å². The van der Waals surface area contributed by atoms with Crippen LogP contribution in [0.15, 0.2) is 30.5 Å². The lowest BCUT2D eigenvalue weighted by molar-refractivity contribution is -0.0701. The fourth-order valence-electron chi connectivity index (χ4n) is 1.31. The van der Waals surface area contributed by atoms with Gasteiger partial charge in [-0.25, -0.2) is 0 Å². The molecule has 0 saturated heterocycles. The van der Waals surface area contributed by atoms with Crippen LogP contribution in [0.2, 0.25) is 0 Å². The van der Waals surface area contributed by atoms with Gasteiger partial charge in [0, 0.05) is 0 Å². The van der Waals surface area contributed by atoms with Crippen LogP contribution in [0.1, 0.15) is 12.5 Å². The Kier molecular flexibility index (Phi) is 4.43. The van der Waals surface area contributed by atoms with Crippen LogP contribution >= 0.6 is 0 Å². The highest BCUT2D eigenvalue weighted by atomic mass is 19.4. The number of ether oxygens (including phenoxy) is 2. The molecule has 0 aliphatic rings. The van der Waals surface area contributed by atoms with Crippen molar-refractivity contribution in [1.82, 2.24) is 0 Å². The molecule has 0 spiro atoms. The molecule has 1 rings (SSSR count). The maximum Gasteiger partial charge on any atom is 0.419 e. The summed E-state index contributed by atoms with van der Waals surface area (Å²) in [6, 6.07) is 5.69. The number of halogens is 3. The average molecular weight is 246 g/mol. The van der Waals surface area contributed by atoms with Gasteiger partial charge >= 0.3 is 6.18 Å². The van der Waals surface area contributed by atoms with E-state index in [1.54, 1.807) is 6.92 Å². The number of rotatable bonds is 4. The minimum absolute atomic E-state index is 0.0443. The highest BCUT2D eigenvalue weighted by Crippen LogP contribution is 2.34. The second kappa shape index (κ2) is 5.61. The summed E-state index contributed by atoms with van der Waals surface area (Å²) in [6.07, 6.45) is -3.75. The first-order chi connectivity index (χ1) is 7.99. The van der Waals surface area contributed by atoms with Crippen molar-refractivity contribution < 1.29 is 22.6 Å². The third kappa shape index (κ3) is 3.69. The van der Waals surface area contributed by atoms with Crippen molar-refractivity contribution in [3.05, 3.63) is 36.1 Å². The highest BCUT2D eigenvalue weighted by molar-refractivity contribution is 5.69. The molecule has 0 amide bonds. The summed E-state index contributed by atoms with van der Waals surface area (Å²) in [6.45, 7) is 2.28. The smallest absolute Gasteiger partial charge is 0.419 e. The molecule has 0 aliphatic heterocycles. The summed E-state index contributed by atoms with van der Waals surface area (Å²) in [5, 5.41) is 0. The molecule has 0 fully saturated rings. The number of methoxy groups -OCH3 is 1. The van der Waals surface area contributed by atoms with Gasteiger partial charge in [-0.1, -0.05) is 12.1 Å². The van der Waals surface area contributed by atoms with E-state index in [0.717, 1.165) is 0 Å². The van der Waals surface area contributed by atoms with Gasteiger partial charge < -0.3 is 9.47 Å². The number of hydrogen-bond acceptors (Lipinski definition) is 2. The fourth-order valence-corrected chi connectivity index (χ4v) is 1.31. The van der Waals surface area contributed by atoms with E-state index in [-0.39, 0.29) is 5.56 Å². The van der Waals surface area contributed by atoms with Crippen molar-refractivity contribution in [2.75, 3.05) is 13.7 Å². The molecule has 0 aliphatic carbocycles. The molecule has 17 heavy (non-hydrogen) atoms. The lowest BCUT2D eigenvalue weighted by Crippen LogP contribution is -2.11. The van der Waals surface area contributed by atoms with Gasteiger partial charge in [-0.2, -0.15) is 13.2 Å². The van der Waals surface area contributed by atoms with Crippen LogP contribution in [0.5, 0.6) is 5.75 Å². The van der Waals surface area contributed by atoms with Crippen LogP contribution in [-0.4, -0.2) is 19.9 Å². The van der Waals surface area contributed by atoms with Gasteiger partial charge in [-0.15, -0.1) is 0 Å². The van der Waals surface area contributed by atoms with Crippen LogP contribution in [0.3, 0.4) is 0 Å². The summed E-state index contributed by atoms with van der Waals surface area (Å²) >= 11 is 0. The number of allylic oxidation sites excluding steroid dienone is 1. The molecule has 0 radical (unpaired) electrons. The van der Waals surface area contributed by atoms with Gasteiger partial charge in [0.1, 0.15) is 5.75 Å². The van der Waals surface area contributed by atoms with E-state index in [2.05, 4.69) is 4.74 Å². The molecule has 0 heterocycles. The van der Waals surface area contributed by atoms with E-state index >= 15 is 0 Å². The lowest BCUT2D eigenvalue weighted by Gasteiger charge is -2.12. The predicted molar refractivity (Wildman–Crippen MR) is 58.7 cm³/mol. The van der Waals surface area contributed by atoms with Crippen molar-refractivity contribution in [3.63, 3.8) is 0 Å². The van der Waals surface area contributed by atoms with Gasteiger partial charge in [0.25, 0.3) is 0 Å². The average Bonchev–Trinajstić information content (AvgIpc) is 2.26. The van der Waals surface area contributed by atoms with Crippen molar-refractivity contribution >= 4 is 5.57 Å². The molecule has 0 atom stereocenters. The number of alkyl halides is 3. The van der Waals surface area contributed by atoms with Crippen molar-refractivity contribution in [2.24, 2.45) is 0 Å². The first kappa shape index (κ1) is 13.4. The third-order valence-corrected chi connectivity index (χ3v) is 2.02. The topological polar surface area (TPSA) is 18.5 Å². The zero-order valence-corrected chi connectivity index (χ0v) is 9.54.